The molecule has 0 radical (unpaired) electrons. The number of benzene rings is 1. The van der Waals surface area contributed by atoms with Gasteiger partial charge in [0.1, 0.15) is 0 Å². The SMILES string of the molecule is Brc1ccccc1-c1csc(=NC2CCCCC2)n1N=Cc1ccncc1. The molecule has 0 unspecified atom stereocenters. The van der Waals surface area contributed by atoms with Gasteiger partial charge in [-0.1, -0.05) is 53.4 Å². The summed E-state index contributed by atoms with van der Waals surface area (Å²) in [4.78, 5) is 10.1. The molecule has 0 N–H and O–H groups in total. The van der Waals surface area contributed by atoms with Gasteiger partial charge in [0.15, 0.2) is 0 Å². The van der Waals surface area contributed by atoms with Crippen LogP contribution in [0.25, 0.3) is 11.3 Å². The van der Waals surface area contributed by atoms with Gasteiger partial charge < -0.3 is 0 Å². The number of halogens is 1. The van der Waals surface area contributed by atoms with Crippen LogP contribution in [0.2, 0.25) is 0 Å². The average Bonchev–Trinajstić information content (AvgIpc) is 3.10. The second-order valence-corrected chi connectivity index (χ2v) is 8.33. The number of thiazole rings is 1. The Morgan fingerprint density at radius 3 is 2.63 bits per heavy atom. The van der Waals surface area contributed by atoms with Crippen molar-refractivity contribution < 1.29 is 0 Å². The fourth-order valence-corrected chi connectivity index (χ4v) is 4.68. The summed E-state index contributed by atoms with van der Waals surface area (Å²) < 4.78 is 3.03. The molecule has 3 aromatic rings. The molecule has 0 amide bonds. The number of pyridine rings is 1. The molecule has 1 saturated carbocycles. The maximum atomic E-state index is 5.05. The van der Waals surface area contributed by atoms with Crippen LogP contribution < -0.4 is 4.80 Å². The van der Waals surface area contributed by atoms with Gasteiger partial charge in [-0.25, -0.2) is 4.68 Å². The lowest BCUT2D eigenvalue weighted by Crippen LogP contribution is -2.19. The summed E-state index contributed by atoms with van der Waals surface area (Å²) in [6, 6.07) is 12.5. The van der Waals surface area contributed by atoms with Crippen molar-refractivity contribution in [2.75, 3.05) is 0 Å². The lowest BCUT2D eigenvalue weighted by Gasteiger charge is -2.16. The molecule has 138 valence electrons. The lowest BCUT2D eigenvalue weighted by molar-refractivity contribution is 0.435. The van der Waals surface area contributed by atoms with Crippen LogP contribution >= 0.6 is 27.3 Å². The minimum atomic E-state index is 0.409. The van der Waals surface area contributed by atoms with Gasteiger partial charge in [0.05, 0.1) is 18.0 Å². The van der Waals surface area contributed by atoms with Crippen molar-refractivity contribution in [1.29, 1.82) is 0 Å². The Morgan fingerprint density at radius 2 is 1.85 bits per heavy atom. The molecule has 0 spiro atoms. The van der Waals surface area contributed by atoms with Gasteiger partial charge in [0, 0.05) is 27.8 Å². The zero-order valence-corrected chi connectivity index (χ0v) is 17.4. The molecular weight excluding hydrogens is 420 g/mol. The van der Waals surface area contributed by atoms with E-state index in [0.29, 0.717) is 6.04 Å². The van der Waals surface area contributed by atoms with Crippen molar-refractivity contribution in [1.82, 2.24) is 9.66 Å². The highest BCUT2D eigenvalue weighted by Gasteiger charge is 2.14. The first kappa shape index (κ1) is 18.3. The highest BCUT2D eigenvalue weighted by Crippen LogP contribution is 2.28. The summed E-state index contributed by atoms with van der Waals surface area (Å²) in [7, 11) is 0. The minimum absolute atomic E-state index is 0.409. The second kappa shape index (κ2) is 8.76. The van der Waals surface area contributed by atoms with E-state index >= 15 is 0 Å². The maximum Gasteiger partial charge on any atom is 0.206 e. The van der Waals surface area contributed by atoms with E-state index in [1.807, 2.05) is 35.2 Å². The number of hydrogen-bond donors (Lipinski definition) is 0. The van der Waals surface area contributed by atoms with Crippen molar-refractivity contribution >= 4 is 33.5 Å². The molecule has 1 fully saturated rings. The molecule has 1 aliphatic rings. The van der Waals surface area contributed by atoms with E-state index in [1.165, 1.54) is 32.1 Å². The van der Waals surface area contributed by atoms with Crippen molar-refractivity contribution in [2.24, 2.45) is 10.1 Å². The van der Waals surface area contributed by atoms with E-state index in [4.69, 9.17) is 10.1 Å². The van der Waals surface area contributed by atoms with Crippen LogP contribution in [0.5, 0.6) is 0 Å². The van der Waals surface area contributed by atoms with Crippen molar-refractivity contribution in [3.8, 4) is 11.3 Å². The Labute approximate surface area is 171 Å². The molecule has 0 aliphatic heterocycles. The summed E-state index contributed by atoms with van der Waals surface area (Å²) in [6.45, 7) is 0. The fourth-order valence-electron chi connectivity index (χ4n) is 3.29. The number of nitrogens with zero attached hydrogens (tertiary/aromatic N) is 4. The van der Waals surface area contributed by atoms with Gasteiger partial charge in [-0.05, 0) is 36.6 Å². The van der Waals surface area contributed by atoms with Gasteiger partial charge in [-0.3, -0.25) is 9.98 Å². The first-order chi connectivity index (χ1) is 13.3. The Balaban J connectivity index is 1.79. The van der Waals surface area contributed by atoms with Crippen LogP contribution in [-0.2, 0) is 0 Å². The third-order valence-electron chi connectivity index (χ3n) is 4.73. The van der Waals surface area contributed by atoms with Crippen molar-refractivity contribution in [2.45, 2.75) is 38.1 Å². The Kier molecular flexibility index (Phi) is 5.94. The molecule has 0 bridgehead atoms. The van der Waals surface area contributed by atoms with Crippen LogP contribution in [0, 0.1) is 0 Å². The molecule has 1 aromatic carbocycles. The minimum Gasteiger partial charge on any atom is -0.265 e. The summed E-state index contributed by atoms with van der Waals surface area (Å²) in [5.41, 5.74) is 3.18. The van der Waals surface area contributed by atoms with E-state index < -0.39 is 0 Å². The Bertz CT molecular complexity index is 985. The van der Waals surface area contributed by atoms with E-state index in [0.717, 1.165) is 26.1 Å². The zero-order chi connectivity index (χ0) is 18.5. The van der Waals surface area contributed by atoms with E-state index in [9.17, 15) is 0 Å². The molecule has 2 aromatic heterocycles. The third kappa shape index (κ3) is 4.45. The lowest BCUT2D eigenvalue weighted by atomic mass is 9.96. The quantitative estimate of drug-likeness (QED) is 0.494. The summed E-state index contributed by atoms with van der Waals surface area (Å²) in [5, 5.41) is 6.92. The van der Waals surface area contributed by atoms with Gasteiger partial charge >= 0.3 is 0 Å². The highest BCUT2D eigenvalue weighted by atomic mass is 79.9. The smallest absolute Gasteiger partial charge is 0.206 e. The molecular formula is C21H21BrN4S. The predicted molar refractivity (Wildman–Crippen MR) is 115 cm³/mol. The molecule has 1 aliphatic carbocycles. The molecule has 2 heterocycles. The number of aromatic nitrogens is 2. The molecule has 4 rings (SSSR count). The Morgan fingerprint density at radius 1 is 1.07 bits per heavy atom. The predicted octanol–water partition coefficient (Wildman–Crippen LogP) is 5.49. The summed E-state index contributed by atoms with van der Waals surface area (Å²) >= 11 is 5.33. The van der Waals surface area contributed by atoms with Crippen LogP contribution in [-0.4, -0.2) is 21.9 Å². The van der Waals surface area contributed by atoms with Gasteiger partial charge in [-0.15, -0.1) is 11.3 Å². The highest BCUT2D eigenvalue weighted by molar-refractivity contribution is 9.10. The fraction of sp³-hybridized carbons (Fsp3) is 0.286. The number of rotatable bonds is 4. The van der Waals surface area contributed by atoms with Crippen molar-refractivity contribution in [3.05, 3.63) is 69.0 Å². The van der Waals surface area contributed by atoms with Crippen LogP contribution in [0.15, 0.2) is 68.7 Å². The van der Waals surface area contributed by atoms with Crippen LogP contribution in [0.4, 0.5) is 0 Å². The van der Waals surface area contributed by atoms with Crippen LogP contribution in [0.3, 0.4) is 0 Å². The molecule has 0 saturated heterocycles. The largest absolute Gasteiger partial charge is 0.265 e. The van der Waals surface area contributed by atoms with Gasteiger partial charge in [0.25, 0.3) is 0 Å². The monoisotopic (exact) mass is 440 g/mol. The van der Waals surface area contributed by atoms with Crippen LogP contribution in [0.1, 0.15) is 37.7 Å². The average molecular weight is 441 g/mol. The molecule has 6 heteroatoms. The van der Waals surface area contributed by atoms with Gasteiger partial charge in [0.2, 0.25) is 4.80 Å². The first-order valence-electron chi connectivity index (χ1n) is 9.25. The normalized spacial score (nSPS) is 16.3. The molecule has 0 atom stereocenters. The van der Waals surface area contributed by atoms with E-state index in [-0.39, 0.29) is 0 Å². The second-order valence-electron chi connectivity index (χ2n) is 6.64. The third-order valence-corrected chi connectivity index (χ3v) is 6.25. The van der Waals surface area contributed by atoms with Crippen molar-refractivity contribution in [3.63, 3.8) is 0 Å². The standard InChI is InChI=1S/C21H21BrN4S/c22-19-9-5-4-8-18(19)20-15-27-21(25-17-6-2-1-3-7-17)26(20)24-14-16-10-12-23-13-11-16/h4-5,8-15,17H,1-3,6-7H2. The summed E-state index contributed by atoms with van der Waals surface area (Å²) in [5.74, 6) is 0. The molecule has 4 nitrogen and oxygen atoms in total. The first-order valence-corrected chi connectivity index (χ1v) is 10.9. The maximum absolute atomic E-state index is 5.05. The molecule has 27 heavy (non-hydrogen) atoms. The summed E-state index contributed by atoms with van der Waals surface area (Å²) in [6.07, 6.45) is 11.7. The van der Waals surface area contributed by atoms with E-state index in [2.05, 4.69) is 38.4 Å². The number of hydrogen-bond acceptors (Lipinski definition) is 4. The zero-order valence-electron chi connectivity index (χ0n) is 15.0. The van der Waals surface area contributed by atoms with E-state index in [1.54, 1.807) is 23.7 Å². The topological polar surface area (TPSA) is 42.5 Å². The van der Waals surface area contributed by atoms with Gasteiger partial charge in [-0.2, -0.15) is 5.10 Å². The Hall–Kier alpha value is -2.05.